The lowest BCUT2D eigenvalue weighted by atomic mass is 10.1. The van der Waals surface area contributed by atoms with Gasteiger partial charge in [-0.2, -0.15) is 26.3 Å². The topological polar surface area (TPSA) is 71.7 Å². The van der Waals surface area contributed by atoms with Crippen LogP contribution < -0.4 is 4.74 Å². The molecule has 0 radical (unpaired) electrons. The van der Waals surface area contributed by atoms with E-state index in [0.717, 1.165) is 17.7 Å². The quantitative estimate of drug-likeness (QED) is 0.235. The highest BCUT2D eigenvalue weighted by atomic mass is 19.4. The Balaban J connectivity index is 1.13. The number of aromatic nitrogens is 2. The second-order valence-corrected chi connectivity index (χ2v) is 9.66. The lowest BCUT2D eigenvalue weighted by Crippen LogP contribution is -2.48. The molecule has 0 atom stereocenters. The fourth-order valence-corrected chi connectivity index (χ4v) is 4.41. The minimum absolute atomic E-state index is 0.147. The highest BCUT2D eigenvalue weighted by Gasteiger charge is 2.30. The normalized spacial score (nSPS) is 14.7. The number of carbonyl (C=O) groups excluding carboxylic acids is 1. The maximum atomic E-state index is 13.0. The molecule has 42 heavy (non-hydrogen) atoms. The summed E-state index contributed by atoms with van der Waals surface area (Å²) < 4.78 is 85.6. The molecule has 1 amide bonds. The van der Waals surface area contributed by atoms with Crippen LogP contribution in [0.3, 0.4) is 0 Å². The number of nitrogens with zero attached hydrogens (tertiary/aromatic N) is 4. The first-order valence-electron chi connectivity index (χ1n) is 12.8. The summed E-state index contributed by atoms with van der Waals surface area (Å²) in [6.45, 7) is 1.46. The number of halogens is 6. The third-order valence-electron chi connectivity index (χ3n) is 6.63. The Hall–Kier alpha value is -4.39. The standard InChI is InChI=1S/C29H24F6N4O3/c30-28(31,32)18-42-23-8-1-19(2-9-23)16-38-11-13-39(14-12-38)27(40)21-5-10-24(36-15-21)26-37-25(17-41-26)20-3-6-22(7-4-20)29(33,34)35/h1-10,15,17H,11-14,16,18H2. The minimum Gasteiger partial charge on any atom is -0.484 e. The summed E-state index contributed by atoms with van der Waals surface area (Å²) in [5.74, 6) is 0.128. The Morgan fingerprint density at radius 1 is 0.857 bits per heavy atom. The summed E-state index contributed by atoms with van der Waals surface area (Å²) in [7, 11) is 0. The van der Waals surface area contributed by atoms with Crippen molar-refractivity contribution < 1.29 is 40.3 Å². The summed E-state index contributed by atoms with van der Waals surface area (Å²) in [6.07, 6.45) is -6.07. The summed E-state index contributed by atoms with van der Waals surface area (Å²) in [4.78, 5) is 25.5. The molecule has 0 aliphatic carbocycles. The number of piperazine rings is 1. The van der Waals surface area contributed by atoms with E-state index in [4.69, 9.17) is 9.15 Å². The van der Waals surface area contributed by atoms with Gasteiger partial charge in [0, 0.05) is 44.5 Å². The molecule has 220 valence electrons. The third-order valence-corrected chi connectivity index (χ3v) is 6.63. The number of rotatable bonds is 7. The molecule has 4 aromatic rings. The van der Waals surface area contributed by atoms with Crippen molar-refractivity contribution in [3.05, 3.63) is 89.8 Å². The highest BCUT2D eigenvalue weighted by molar-refractivity contribution is 5.94. The van der Waals surface area contributed by atoms with Crippen molar-refractivity contribution in [2.75, 3.05) is 32.8 Å². The van der Waals surface area contributed by atoms with E-state index in [1.807, 2.05) is 0 Å². The zero-order chi connectivity index (χ0) is 29.9. The molecule has 2 aromatic heterocycles. The van der Waals surface area contributed by atoms with E-state index in [1.165, 1.54) is 36.7 Å². The number of hydrogen-bond donors (Lipinski definition) is 0. The number of ether oxygens (including phenoxy) is 1. The second-order valence-electron chi connectivity index (χ2n) is 9.66. The molecule has 1 aliphatic rings. The Labute approximate surface area is 236 Å². The lowest BCUT2D eigenvalue weighted by molar-refractivity contribution is -0.153. The van der Waals surface area contributed by atoms with Gasteiger partial charge in [-0.25, -0.2) is 4.98 Å². The largest absolute Gasteiger partial charge is 0.484 e. The van der Waals surface area contributed by atoms with Crippen LogP contribution in [0.1, 0.15) is 21.5 Å². The van der Waals surface area contributed by atoms with E-state index in [9.17, 15) is 31.1 Å². The van der Waals surface area contributed by atoms with E-state index in [-0.39, 0.29) is 17.5 Å². The molecule has 2 aromatic carbocycles. The number of benzene rings is 2. The molecule has 1 aliphatic heterocycles. The van der Waals surface area contributed by atoms with Gasteiger partial charge >= 0.3 is 12.4 Å². The highest BCUT2D eigenvalue weighted by Crippen LogP contribution is 2.31. The van der Waals surface area contributed by atoms with Crippen molar-refractivity contribution in [2.45, 2.75) is 18.9 Å². The SMILES string of the molecule is O=C(c1ccc(-c2nc(-c3ccc(C(F)(F)F)cc3)co2)nc1)N1CCN(Cc2ccc(OCC(F)(F)F)cc2)CC1. The van der Waals surface area contributed by atoms with Gasteiger partial charge in [-0.1, -0.05) is 24.3 Å². The van der Waals surface area contributed by atoms with Crippen LogP contribution in [0, 0.1) is 0 Å². The van der Waals surface area contributed by atoms with Crippen molar-refractivity contribution in [1.82, 2.24) is 19.8 Å². The molecule has 0 unspecified atom stereocenters. The molecule has 3 heterocycles. The van der Waals surface area contributed by atoms with Gasteiger partial charge in [0.2, 0.25) is 5.89 Å². The van der Waals surface area contributed by atoms with Crippen LogP contribution in [0.4, 0.5) is 26.3 Å². The van der Waals surface area contributed by atoms with Gasteiger partial charge in [0.05, 0.1) is 11.1 Å². The number of amides is 1. The first-order chi connectivity index (χ1) is 19.9. The molecule has 1 saturated heterocycles. The van der Waals surface area contributed by atoms with Crippen molar-refractivity contribution in [3.63, 3.8) is 0 Å². The van der Waals surface area contributed by atoms with Crippen molar-refractivity contribution in [3.8, 4) is 28.6 Å². The van der Waals surface area contributed by atoms with Gasteiger partial charge in [0.15, 0.2) is 6.61 Å². The summed E-state index contributed by atoms with van der Waals surface area (Å²) in [6, 6.07) is 14.2. The van der Waals surface area contributed by atoms with Crippen molar-refractivity contribution in [2.24, 2.45) is 0 Å². The molecule has 1 fully saturated rings. The second kappa shape index (κ2) is 11.8. The molecule has 13 heteroatoms. The monoisotopic (exact) mass is 590 g/mol. The van der Waals surface area contributed by atoms with Crippen molar-refractivity contribution in [1.29, 1.82) is 0 Å². The Morgan fingerprint density at radius 2 is 1.55 bits per heavy atom. The lowest BCUT2D eigenvalue weighted by Gasteiger charge is -2.34. The zero-order valence-corrected chi connectivity index (χ0v) is 22.0. The summed E-state index contributed by atoms with van der Waals surface area (Å²) in [5, 5.41) is 0. The van der Waals surface area contributed by atoms with Crippen LogP contribution in [0.25, 0.3) is 22.8 Å². The smallest absolute Gasteiger partial charge is 0.422 e. The van der Waals surface area contributed by atoms with E-state index < -0.39 is 24.5 Å². The van der Waals surface area contributed by atoms with Gasteiger partial charge in [-0.3, -0.25) is 14.7 Å². The van der Waals surface area contributed by atoms with E-state index in [1.54, 1.807) is 29.2 Å². The predicted octanol–water partition coefficient (Wildman–Crippen LogP) is 6.32. The maximum Gasteiger partial charge on any atom is 0.422 e. The number of hydrogen-bond acceptors (Lipinski definition) is 6. The van der Waals surface area contributed by atoms with Gasteiger partial charge in [-0.15, -0.1) is 0 Å². The van der Waals surface area contributed by atoms with Crippen LogP contribution in [-0.2, 0) is 12.7 Å². The fourth-order valence-electron chi connectivity index (χ4n) is 4.41. The van der Waals surface area contributed by atoms with Crippen molar-refractivity contribution >= 4 is 5.91 Å². The number of pyridine rings is 1. The van der Waals surface area contributed by atoms with Gasteiger partial charge < -0.3 is 14.1 Å². The van der Waals surface area contributed by atoms with Crippen LogP contribution >= 0.6 is 0 Å². The van der Waals surface area contributed by atoms with E-state index in [0.29, 0.717) is 55.2 Å². The number of alkyl halides is 6. The first-order valence-corrected chi connectivity index (χ1v) is 12.8. The van der Waals surface area contributed by atoms with Crippen LogP contribution in [0.2, 0.25) is 0 Å². The van der Waals surface area contributed by atoms with Gasteiger partial charge in [0.25, 0.3) is 5.91 Å². The molecule has 0 saturated carbocycles. The molecule has 7 nitrogen and oxygen atoms in total. The summed E-state index contributed by atoms with van der Waals surface area (Å²) in [5.41, 5.74) is 1.71. The maximum absolute atomic E-state index is 13.0. The molecule has 0 bridgehead atoms. The zero-order valence-electron chi connectivity index (χ0n) is 22.0. The molecule has 5 rings (SSSR count). The average molecular weight is 591 g/mol. The Bertz CT molecular complexity index is 1490. The fraction of sp³-hybridized carbons (Fsp3) is 0.276. The number of carbonyl (C=O) groups is 1. The molecule has 0 N–H and O–H groups in total. The Morgan fingerprint density at radius 3 is 2.14 bits per heavy atom. The van der Waals surface area contributed by atoms with Gasteiger partial charge in [-0.05, 0) is 42.0 Å². The summed E-state index contributed by atoms with van der Waals surface area (Å²) >= 11 is 0. The molecular formula is C29H24F6N4O3. The number of oxazole rings is 1. The predicted molar refractivity (Wildman–Crippen MR) is 139 cm³/mol. The van der Waals surface area contributed by atoms with E-state index in [2.05, 4.69) is 14.9 Å². The van der Waals surface area contributed by atoms with Crippen LogP contribution in [0.15, 0.2) is 77.5 Å². The molecular weight excluding hydrogens is 566 g/mol. The van der Waals surface area contributed by atoms with Gasteiger partial charge in [0.1, 0.15) is 23.4 Å². The first kappa shape index (κ1) is 29.1. The van der Waals surface area contributed by atoms with E-state index >= 15 is 0 Å². The third kappa shape index (κ3) is 7.27. The minimum atomic E-state index is -4.43. The van der Waals surface area contributed by atoms with Crippen LogP contribution in [-0.4, -0.2) is 64.6 Å². The van der Waals surface area contributed by atoms with Crippen LogP contribution in [0.5, 0.6) is 5.75 Å². The molecule has 0 spiro atoms. The Kier molecular flexibility index (Phi) is 8.21. The average Bonchev–Trinajstić information content (AvgIpc) is 3.47.